The number of hydrogen-bond acceptors (Lipinski definition) is 3. The van der Waals surface area contributed by atoms with Gasteiger partial charge in [0.15, 0.2) is 0 Å². The van der Waals surface area contributed by atoms with Gasteiger partial charge in [-0.2, -0.15) is 0 Å². The number of rotatable bonds is 3. The second-order valence-corrected chi connectivity index (χ2v) is 7.46. The van der Waals surface area contributed by atoms with Crippen molar-refractivity contribution in [1.29, 1.82) is 0 Å². The summed E-state index contributed by atoms with van der Waals surface area (Å²) in [5.41, 5.74) is 6.06. The molecule has 1 saturated heterocycles. The normalized spacial score (nSPS) is 35.5. The van der Waals surface area contributed by atoms with Crippen LogP contribution in [0, 0.1) is 11.8 Å². The van der Waals surface area contributed by atoms with Crippen LogP contribution in [0.15, 0.2) is 0 Å². The maximum Gasteiger partial charge on any atom is 0.0276 e. The average Bonchev–Trinajstić information content (AvgIpc) is 2.42. The second-order valence-electron chi connectivity index (χ2n) is 7.46. The molecule has 1 aliphatic heterocycles. The smallest absolute Gasteiger partial charge is 0.0276 e. The van der Waals surface area contributed by atoms with E-state index in [-0.39, 0.29) is 5.54 Å². The lowest BCUT2D eigenvalue weighted by Gasteiger charge is -2.47. The Labute approximate surface area is 119 Å². The van der Waals surface area contributed by atoms with Crippen molar-refractivity contribution >= 4 is 0 Å². The molecule has 2 fully saturated rings. The highest BCUT2D eigenvalue weighted by molar-refractivity contribution is 4.89. The third-order valence-corrected chi connectivity index (χ3v) is 5.76. The highest BCUT2D eigenvalue weighted by Crippen LogP contribution is 2.32. The Morgan fingerprint density at radius 1 is 1.00 bits per heavy atom. The summed E-state index contributed by atoms with van der Waals surface area (Å²) in [4.78, 5) is 5.31. The maximum atomic E-state index is 5.89. The van der Waals surface area contributed by atoms with Crippen LogP contribution in [0.2, 0.25) is 0 Å². The molecular weight excluding hydrogens is 234 g/mol. The Kier molecular flexibility index (Phi) is 4.91. The van der Waals surface area contributed by atoms with Crippen LogP contribution in [0.25, 0.3) is 0 Å². The van der Waals surface area contributed by atoms with Gasteiger partial charge < -0.3 is 5.73 Å². The average molecular weight is 267 g/mol. The Morgan fingerprint density at radius 2 is 1.63 bits per heavy atom. The summed E-state index contributed by atoms with van der Waals surface area (Å²) in [6.07, 6.45) is 4.23. The number of piperazine rings is 1. The summed E-state index contributed by atoms with van der Waals surface area (Å²) in [6, 6.07) is 0.842. The molecule has 112 valence electrons. The van der Waals surface area contributed by atoms with Crippen molar-refractivity contribution in [2.75, 3.05) is 32.7 Å². The highest BCUT2D eigenvalue weighted by Gasteiger charge is 2.33. The van der Waals surface area contributed by atoms with Crippen LogP contribution < -0.4 is 5.73 Å². The highest BCUT2D eigenvalue weighted by atomic mass is 15.3. The molecule has 0 amide bonds. The third-order valence-electron chi connectivity index (χ3n) is 5.76. The molecule has 1 saturated carbocycles. The fourth-order valence-corrected chi connectivity index (χ4v) is 3.67. The van der Waals surface area contributed by atoms with Crippen LogP contribution in [0.1, 0.15) is 47.0 Å². The van der Waals surface area contributed by atoms with Gasteiger partial charge in [0, 0.05) is 44.3 Å². The van der Waals surface area contributed by atoms with Crippen LogP contribution >= 0.6 is 0 Å². The van der Waals surface area contributed by atoms with Gasteiger partial charge >= 0.3 is 0 Å². The van der Waals surface area contributed by atoms with E-state index in [0.29, 0.717) is 0 Å². The van der Waals surface area contributed by atoms with Gasteiger partial charge in [0.05, 0.1) is 0 Å². The second kappa shape index (κ2) is 6.11. The Balaban J connectivity index is 1.83. The summed E-state index contributed by atoms with van der Waals surface area (Å²) in [5, 5.41) is 0. The minimum Gasteiger partial charge on any atom is -0.329 e. The molecule has 3 unspecified atom stereocenters. The van der Waals surface area contributed by atoms with Crippen molar-refractivity contribution in [3.63, 3.8) is 0 Å². The minimum absolute atomic E-state index is 0.167. The summed E-state index contributed by atoms with van der Waals surface area (Å²) in [6.45, 7) is 15.0. The molecule has 3 atom stereocenters. The van der Waals surface area contributed by atoms with Gasteiger partial charge in [-0.05, 0) is 44.9 Å². The fraction of sp³-hybridized carbons (Fsp3) is 1.00. The summed E-state index contributed by atoms with van der Waals surface area (Å²) >= 11 is 0. The Morgan fingerprint density at radius 3 is 2.16 bits per heavy atom. The summed E-state index contributed by atoms with van der Waals surface area (Å²) in [7, 11) is 0. The molecule has 0 aromatic heterocycles. The molecular formula is C16H33N3. The largest absolute Gasteiger partial charge is 0.329 e. The first-order chi connectivity index (χ1) is 8.94. The van der Waals surface area contributed by atoms with Crippen molar-refractivity contribution in [1.82, 2.24) is 9.80 Å². The van der Waals surface area contributed by atoms with E-state index in [0.717, 1.165) is 24.4 Å². The van der Waals surface area contributed by atoms with Gasteiger partial charge in [-0.25, -0.2) is 0 Å². The van der Waals surface area contributed by atoms with Gasteiger partial charge in [-0.3, -0.25) is 9.80 Å². The first kappa shape index (κ1) is 15.3. The molecule has 1 aliphatic carbocycles. The number of nitrogens with zero attached hydrogens (tertiary/aromatic N) is 2. The Bertz CT molecular complexity index is 282. The lowest BCUT2D eigenvalue weighted by molar-refractivity contribution is 0.0186. The first-order valence-corrected chi connectivity index (χ1v) is 8.13. The number of hydrogen-bond donors (Lipinski definition) is 1. The van der Waals surface area contributed by atoms with Crippen LogP contribution in [-0.2, 0) is 0 Å². The molecule has 0 bridgehead atoms. The van der Waals surface area contributed by atoms with Crippen molar-refractivity contribution in [2.24, 2.45) is 17.6 Å². The van der Waals surface area contributed by atoms with Gasteiger partial charge in [0.2, 0.25) is 0 Å². The van der Waals surface area contributed by atoms with E-state index in [1.165, 1.54) is 45.4 Å². The van der Waals surface area contributed by atoms with Crippen LogP contribution in [0.5, 0.6) is 0 Å². The van der Waals surface area contributed by atoms with Crippen molar-refractivity contribution in [3.05, 3.63) is 0 Å². The molecule has 3 heteroatoms. The van der Waals surface area contributed by atoms with E-state index >= 15 is 0 Å². The summed E-state index contributed by atoms with van der Waals surface area (Å²) in [5.74, 6) is 1.82. The molecule has 2 rings (SSSR count). The fourth-order valence-electron chi connectivity index (χ4n) is 3.67. The number of nitrogens with two attached hydrogens (primary N) is 1. The van der Waals surface area contributed by atoms with Gasteiger partial charge in [-0.1, -0.05) is 13.8 Å². The van der Waals surface area contributed by atoms with Crippen LogP contribution in [0.4, 0.5) is 0 Å². The molecule has 0 radical (unpaired) electrons. The monoisotopic (exact) mass is 267 g/mol. The lowest BCUT2D eigenvalue weighted by Crippen LogP contribution is -2.59. The van der Waals surface area contributed by atoms with E-state index in [1.54, 1.807) is 0 Å². The Hall–Kier alpha value is -0.120. The maximum absolute atomic E-state index is 5.89. The van der Waals surface area contributed by atoms with Crippen molar-refractivity contribution in [2.45, 2.75) is 58.5 Å². The molecule has 2 aliphatic rings. The zero-order chi connectivity index (χ0) is 14.0. The molecule has 19 heavy (non-hydrogen) atoms. The SMILES string of the molecule is CC1CCC(N2CCN(C(C)(C)CN)CC2)CC1C. The van der Waals surface area contributed by atoms with Gasteiger partial charge in [-0.15, -0.1) is 0 Å². The molecule has 0 spiro atoms. The topological polar surface area (TPSA) is 32.5 Å². The molecule has 0 aromatic carbocycles. The van der Waals surface area contributed by atoms with E-state index < -0.39 is 0 Å². The van der Waals surface area contributed by atoms with Crippen LogP contribution in [-0.4, -0.2) is 54.1 Å². The first-order valence-electron chi connectivity index (χ1n) is 8.13. The van der Waals surface area contributed by atoms with E-state index in [4.69, 9.17) is 5.73 Å². The zero-order valence-corrected chi connectivity index (χ0v) is 13.4. The molecule has 0 aromatic rings. The predicted octanol–water partition coefficient (Wildman–Crippen LogP) is 2.17. The molecule has 1 heterocycles. The zero-order valence-electron chi connectivity index (χ0n) is 13.4. The minimum atomic E-state index is 0.167. The van der Waals surface area contributed by atoms with E-state index in [2.05, 4.69) is 37.5 Å². The lowest BCUT2D eigenvalue weighted by atomic mass is 9.78. The standard InChI is InChI=1S/C16H33N3/c1-13-5-6-15(11-14(13)2)18-7-9-19(10-8-18)16(3,4)12-17/h13-15H,5-12,17H2,1-4H3. The third kappa shape index (κ3) is 3.50. The quantitative estimate of drug-likeness (QED) is 0.850. The van der Waals surface area contributed by atoms with Crippen molar-refractivity contribution in [3.8, 4) is 0 Å². The van der Waals surface area contributed by atoms with Gasteiger partial charge in [0.25, 0.3) is 0 Å². The van der Waals surface area contributed by atoms with E-state index in [9.17, 15) is 0 Å². The predicted molar refractivity (Wildman–Crippen MR) is 82.2 cm³/mol. The van der Waals surface area contributed by atoms with Crippen LogP contribution in [0.3, 0.4) is 0 Å². The molecule has 2 N–H and O–H groups in total. The van der Waals surface area contributed by atoms with E-state index in [1.807, 2.05) is 0 Å². The van der Waals surface area contributed by atoms with Crippen molar-refractivity contribution < 1.29 is 0 Å². The molecule has 3 nitrogen and oxygen atoms in total. The summed E-state index contributed by atoms with van der Waals surface area (Å²) < 4.78 is 0. The van der Waals surface area contributed by atoms with Gasteiger partial charge in [0.1, 0.15) is 0 Å².